The summed E-state index contributed by atoms with van der Waals surface area (Å²) in [5.74, 6) is 0.317. The van der Waals surface area contributed by atoms with E-state index in [0.717, 1.165) is 0 Å². The third kappa shape index (κ3) is 9.64. The molecule has 0 saturated carbocycles. The standard InChI is InChI=1S/C9H9N5O.F6P/c10-8(15)6-13-3-4-14(7-13)9-5-11-1-2-12-9;1-7(2,3,4,5)6/h1-5,7H,6H2,(H-,10,15);/q;-1/p+1. The minimum atomic E-state index is -10.7. The van der Waals surface area contributed by atoms with Crippen LogP contribution in [0.5, 0.6) is 0 Å². The molecule has 2 N–H and O–H groups in total. The molecule has 0 saturated heterocycles. The van der Waals surface area contributed by atoms with Crippen LogP contribution in [0.15, 0.2) is 37.3 Å². The molecule has 0 fully saturated rings. The van der Waals surface area contributed by atoms with Crippen LogP contribution in [0.25, 0.3) is 5.82 Å². The van der Waals surface area contributed by atoms with Gasteiger partial charge in [-0.05, 0) is 0 Å². The average Bonchev–Trinajstić information content (AvgIpc) is 2.73. The second-order valence-electron chi connectivity index (χ2n) is 3.98. The summed E-state index contributed by atoms with van der Waals surface area (Å²) in [7, 11) is -10.7. The first-order chi connectivity index (χ1) is 9.70. The SMILES string of the molecule is F[P-](F)(F)(F)(F)F.NC(=O)C[n+]1ccn(-c2cnccn2)c1. The molecule has 0 spiro atoms. The van der Waals surface area contributed by atoms with Crippen LogP contribution in [0.2, 0.25) is 0 Å². The molecule has 0 aliphatic carbocycles. The van der Waals surface area contributed by atoms with Gasteiger partial charge in [-0.1, -0.05) is 0 Å². The maximum atomic E-state index is 10.7. The molecule has 124 valence electrons. The number of imidazole rings is 1. The molecule has 0 bridgehead atoms. The van der Waals surface area contributed by atoms with Gasteiger partial charge in [0.2, 0.25) is 5.82 Å². The van der Waals surface area contributed by atoms with Crippen LogP contribution in [-0.4, -0.2) is 20.4 Å². The van der Waals surface area contributed by atoms with E-state index in [0.29, 0.717) is 5.82 Å². The number of primary amides is 1. The predicted octanol–water partition coefficient (Wildman–Crippen LogP) is 2.42. The van der Waals surface area contributed by atoms with Crippen molar-refractivity contribution >= 4 is 13.7 Å². The maximum absolute atomic E-state index is 10.7. The largest absolute Gasteiger partial charge is 0.366 e. The van der Waals surface area contributed by atoms with Crippen LogP contribution in [0.4, 0.5) is 25.2 Å². The van der Waals surface area contributed by atoms with Gasteiger partial charge < -0.3 is 5.73 Å². The fourth-order valence-corrected chi connectivity index (χ4v) is 1.23. The number of hydrogen-bond donors (Lipinski definition) is 1. The molecule has 22 heavy (non-hydrogen) atoms. The monoisotopic (exact) mass is 349 g/mol. The van der Waals surface area contributed by atoms with Gasteiger partial charge in [0, 0.05) is 12.4 Å². The van der Waals surface area contributed by atoms with Crippen molar-refractivity contribution in [1.29, 1.82) is 0 Å². The molecule has 2 heterocycles. The zero-order valence-electron chi connectivity index (χ0n) is 10.7. The normalized spacial score (nSPS) is 14.3. The number of hydrogen-bond acceptors (Lipinski definition) is 3. The molecule has 1 amide bonds. The van der Waals surface area contributed by atoms with Crippen molar-refractivity contribution in [2.24, 2.45) is 5.73 Å². The van der Waals surface area contributed by atoms with E-state index in [1.807, 2.05) is 0 Å². The number of nitrogens with two attached hydrogens (primary N) is 1. The zero-order chi connectivity index (χ0) is 17.1. The summed E-state index contributed by atoms with van der Waals surface area (Å²) in [4.78, 5) is 18.7. The van der Waals surface area contributed by atoms with Crippen LogP contribution in [0.3, 0.4) is 0 Å². The van der Waals surface area contributed by atoms with Crippen LogP contribution in [-0.2, 0) is 11.3 Å². The van der Waals surface area contributed by atoms with Gasteiger partial charge in [-0.25, -0.2) is 9.55 Å². The first-order valence-electron chi connectivity index (χ1n) is 5.39. The average molecular weight is 349 g/mol. The summed E-state index contributed by atoms with van der Waals surface area (Å²) in [6.45, 7) is 0.160. The Morgan fingerprint density at radius 2 is 1.82 bits per heavy atom. The van der Waals surface area contributed by atoms with Crippen LogP contribution >= 0.6 is 7.81 Å². The van der Waals surface area contributed by atoms with E-state index >= 15 is 0 Å². The minimum Gasteiger partial charge on any atom is -0.366 e. The van der Waals surface area contributed by atoms with Crippen molar-refractivity contribution in [2.75, 3.05) is 0 Å². The van der Waals surface area contributed by atoms with E-state index in [1.54, 1.807) is 46.4 Å². The van der Waals surface area contributed by atoms with Crippen molar-refractivity contribution in [2.45, 2.75) is 6.54 Å². The van der Waals surface area contributed by atoms with Gasteiger partial charge in [-0.3, -0.25) is 9.78 Å². The molecule has 0 aliphatic heterocycles. The van der Waals surface area contributed by atoms with Crippen molar-refractivity contribution in [3.05, 3.63) is 37.3 Å². The Bertz CT molecular complexity index is 644. The summed E-state index contributed by atoms with van der Waals surface area (Å²) in [6.07, 6.45) is 10.1. The van der Waals surface area contributed by atoms with Crippen LogP contribution in [0.1, 0.15) is 0 Å². The quantitative estimate of drug-likeness (QED) is 0.525. The van der Waals surface area contributed by atoms with Crippen molar-refractivity contribution < 1.29 is 34.5 Å². The third-order valence-corrected chi connectivity index (χ3v) is 1.84. The second kappa shape index (κ2) is 5.20. The molecule has 2 aromatic rings. The second-order valence-corrected chi connectivity index (χ2v) is 5.90. The minimum absolute atomic E-state index is 0.160. The Morgan fingerprint density at radius 3 is 2.27 bits per heavy atom. The number of nitrogens with zero attached hydrogens (tertiary/aromatic N) is 4. The number of rotatable bonds is 3. The van der Waals surface area contributed by atoms with Crippen LogP contribution < -0.4 is 10.3 Å². The molecular weight excluding hydrogens is 339 g/mol. The van der Waals surface area contributed by atoms with Gasteiger partial charge in [0.05, 0.1) is 6.20 Å². The number of aromatic nitrogens is 4. The van der Waals surface area contributed by atoms with Gasteiger partial charge >= 0.3 is 33.0 Å². The maximum Gasteiger partial charge on any atom is 0.259 e. The molecule has 2 rings (SSSR count). The van der Waals surface area contributed by atoms with Crippen molar-refractivity contribution in [3.8, 4) is 5.82 Å². The van der Waals surface area contributed by atoms with E-state index in [1.165, 1.54) is 0 Å². The molecule has 0 unspecified atom stereocenters. The van der Waals surface area contributed by atoms with E-state index in [4.69, 9.17) is 5.73 Å². The predicted molar refractivity (Wildman–Crippen MR) is 64.3 cm³/mol. The first kappa shape index (κ1) is 17.8. The van der Waals surface area contributed by atoms with E-state index in [-0.39, 0.29) is 12.5 Å². The molecule has 0 radical (unpaired) electrons. The zero-order valence-corrected chi connectivity index (χ0v) is 11.6. The van der Waals surface area contributed by atoms with Gasteiger partial charge in [-0.15, -0.1) is 0 Å². The molecule has 0 aliphatic rings. The molecular formula is C9H10F6N5OP. The molecule has 6 nitrogen and oxygen atoms in total. The van der Waals surface area contributed by atoms with E-state index in [9.17, 15) is 30.0 Å². The Labute approximate surface area is 119 Å². The van der Waals surface area contributed by atoms with Gasteiger partial charge in [0.15, 0.2) is 6.54 Å². The topological polar surface area (TPSA) is 77.7 Å². The Morgan fingerprint density at radius 1 is 1.23 bits per heavy atom. The van der Waals surface area contributed by atoms with E-state index in [2.05, 4.69) is 9.97 Å². The Kier molecular flexibility index (Phi) is 4.21. The fourth-order valence-electron chi connectivity index (χ4n) is 1.23. The Balaban J connectivity index is 0.000000295. The molecule has 13 heteroatoms. The number of carbonyl (C=O) groups excluding carboxylic acids is 1. The molecule has 0 atom stereocenters. The molecule has 2 aromatic heterocycles. The van der Waals surface area contributed by atoms with E-state index < -0.39 is 7.81 Å². The Hall–Kier alpha value is -2.23. The summed E-state index contributed by atoms with van der Waals surface area (Å²) < 4.78 is 62.6. The van der Waals surface area contributed by atoms with Crippen LogP contribution in [0, 0.1) is 0 Å². The van der Waals surface area contributed by atoms with Gasteiger partial charge in [0.1, 0.15) is 12.4 Å². The van der Waals surface area contributed by atoms with Crippen molar-refractivity contribution in [3.63, 3.8) is 0 Å². The summed E-state index contributed by atoms with van der Waals surface area (Å²) in [5, 5.41) is 0. The third-order valence-electron chi connectivity index (χ3n) is 1.84. The number of halogens is 6. The summed E-state index contributed by atoms with van der Waals surface area (Å²) in [6, 6.07) is 0. The summed E-state index contributed by atoms with van der Waals surface area (Å²) >= 11 is 0. The fraction of sp³-hybridized carbons (Fsp3) is 0.111. The van der Waals surface area contributed by atoms with Gasteiger partial charge in [0.25, 0.3) is 12.2 Å². The summed E-state index contributed by atoms with van der Waals surface area (Å²) in [5.41, 5.74) is 5.08. The van der Waals surface area contributed by atoms with Gasteiger partial charge in [-0.2, -0.15) is 4.57 Å². The first-order valence-corrected chi connectivity index (χ1v) is 7.42. The molecule has 0 aromatic carbocycles. The smallest absolute Gasteiger partial charge is 0.259 e. The van der Waals surface area contributed by atoms with Crippen molar-refractivity contribution in [1.82, 2.24) is 14.5 Å². The number of amides is 1. The number of carbonyl (C=O) groups is 1.